The van der Waals surface area contributed by atoms with Gasteiger partial charge in [-0.15, -0.1) is 0 Å². The molecule has 2 heteroatoms. The summed E-state index contributed by atoms with van der Waals surface area (Å²) in [4.78, 5) is 0. The van der Waals surface area contributed by atoms with E-state index in [4.69, 9.17) is 9.95 Å². The molecule has 0 aliphatic carbocycles. The van der Waals surface area contributed by atoms with Crippen molar-refractivity contribution in [2.24, 2.45) is 0 Å². The van der Waals surface area contributed by atoms with E-state index in [-0.39, 0.29) is 0 Å². The first kappa shape index (κ1) is 8.85. The zero-order valence-corrected chi connectivity index (χ0v) is 8.61. The summed E-state index contributed by atoms with van der Waals surface area (Å²) in [5.74, 6) is 0. The number of hydrogen-bond acceptors (Lipinski definition) is 0. The van der Waals surface area contributed by atoms with Gasteiger partial charge in [-0.25, -0.2) is 0 Å². The summed E-state index contributed by atoms with van der Waals surface area (Å²) in [5.41, 5.74) is 0. The molecule has 50 valence electrons. The monoisotopic (exact) mass is 196 g/mol. The Morgan fingerprint density at radius 2 is 1.25 bits per heavy atom. The van der Waals surface area contributed by atoms with E-state index in [1.807, 2.05) is 0 Å². The van der Waals surface area contributed by atoms with Crippen LogP contribution in [-0.4, -0.2) is 13.7 Å². The van der Waals surface area contributed by atoms with Crippen LogP contribution < -0.4 is 0 Å². The fraction of sp³-hybridized carbons (Fsp3) is 1.00. The number of halogens is 1. The summed E-state index contributed by atoms with van der Waals surface area (Å²) < 4.78 is 1.51. The summed E-state index contributed by atoms with van der Waals surface area (Å²) in [5, 5.41) is 0. The molecule has 0 saturated carbocycles. The summed E-state index contributed by atoms with van der Waals surface area (Å²) in [6.07, 6.45) is 0. The van der Waals surface area contributed by atoms with Gasteiger partial charge in [-0.05, 0) is 0 Å². The molecule has 0 fully saturated rings. The SMILES string of the molecule is CC(C)[As](Cl)C(C)C. The van der Waals surface area contributed by atoms with E-state index in [2.05, 4.69) is 27.7 Å². The van der Waals surface area contributed by atoms with E-state index < -0.39 is 13.7 Å². The zero-order chi connectivity index (χ0) is 6.73. The number of rotatable bonds is 2. The fourth-order valence-corrected chi connectivity index (χ4v) is 3.10. The molecule has 0 unspecified atom stereocenters. The molecule has 0 rings (SSSR count). The molecular formula is C6H14AsCl. The molecule has 0 spiro atoms. The minimum absolute atomic E-state index is 0.754. The first-order valence-corrected chi connectivity index (χ1v) is 7.63. The normalized spacial score (nSPS) is 12.0. The van der Waals surface area contributed by atoms with Gasteiger partial charge in [0.05, 0.1) is 0 Å². The van der Waals surface area contributed by atoms with Crippen molar-refractivity contribution in [2.75, 3.05) is 0 Å². The molecule has 0 amide bonds. The summed E-state index contributed by atoms with van der Waals surface area (Å²) >= 11 is -0.937. The molecular weight excluding hydrogens is 182 g/mol. The van der Waals surface area contributed by atoms with Crippen LogP contribution in [0, 0.1) is 0 Å². The van der Waals surface area contributed by atoms with Crippen molar-refractivity contribution in [2.45, 2.75) is 37.1 Å². The molecule has 0 atom stereocenters. The first-order valence-electron chi connectivity index (χ1n) is 2.99. The molecule has 0 radical (unpaired) electrons. The van der Waals surface area contributed by atoms with Gasteiger partial charge in [0.1, 0.15) is 0 Å². The van der Waals surface area contributed by atoms with Gasteiger partial charge in [0, 0.05) is 0 Å². The number of hydrogen-bond donors (Lipinski definition) is 0. The van der Waals surface area contributed by atoms with Gasteiger partial charge in [-0.3, -0.25) is 0 Å². The van der Waals surface area contributed by atoms with Crippen molar-refractivity contribution in [3.8, 4) is 0 Å². The predicted octanol–water partition coefficient (Wildman–Crippen LogP) is 3.04. The van der Waals surface area contributed by atoms with Crippen molar-refractivity contribution in [1.82, 2.24) is 0 Å². The third-order valence-electron chi connectivity index (χ3n) is 0.987. The maximum absolute atomic E-state index is 6.10. The molecule has 0 aromatic rings. The standard InChI is InChI=1S/C6H14AsCl/c1-5(2)7(8)6(3)4/h5-6H,1-4H3. The first-order chi connectivity index (χ1) is 3.55. The van der Waals surface area contributed by atoms with Crippen LogP contribution in [-0.2, 0) is 0 Å². The van der Waals surface area contributed by atoms with Crippen molar-refractivity contribution in [1.29, 1.82) is 0 Å². The average molecular weight is 197 g/mol. The molecule has 0 aliphatic heterocycles. The molecule has 0 saturated heterocycles. The van der Waals surface area contributed by atoms with Crippen molar-refractivity contribution in [3.05, 3.63) is 0 Å². The van der Waals surface area contributed by atoms with E-state index in [1.54, 1.807) is 0 Å². The van der Waals surface area contributed by atoms with Crippen LogP contribution in [0.5, 0.6) is 0 Å². The Hall–Kier alpha value is 0.848. The second-order valence-electron chi connectivity index (χ2n) is 2.53. The second kappa shape index (κ2) is 3.80. The molecule has 0 N–H and O–H groups in total. The van der Waals surface area contributed by atoms with Gasteiger partial charge in [0.15, 0.2) is 0 Å². The average Bonchev–Trinajstić information content (AvgIpc) is 1.64. The molecule has 0 aliphatic rings. The molecule has 0 nitrogen and oxygen atoms in total. The van der Waals surface area contributed by atoms with E-state index in [0.717, 1.165) is 9.41 Å². The molecule has 0 aromatic heterocycles. The van der Waals surface area contributed by atoms with Crippen LogP contribution in [0.2, 0.25) is 9.41 Å². The Kier molecular flexibility index (Phi) is 4.20. The second-order valence-corrected chi connectivity index (χ2v) is 10.3. The van der Waals surface area contributed by atoms with Crippen LogP contribution in [0.1, 0.15) is 27.7 Å². The van der Waals surface area contributed by atoms with E-state index in [0.29, 0.717) is 0 Å². The topological polar surface area (TPSA) is 0 Å². The van der Waals surface area contributed by atoms with Crippen LogP contribution >= 0.6 is 9.95 Å². The third kappa shape index (κ3) is 2.99. The minimum atomic E-state index is -0.937. The fourth-order valence-electron chi connectivity index (χ4n) is 0.596. The van der Waals surface area contributed by atoms with Gasteiger partial charge in [0.2, 0.25) is 0 Å². The zero-order valence-electron chi connectivity index (χ0n) is 5.98. The Morgan fingerprint density at radius 1 is 1.00 bits per heavy atom. The Bertz CT molecular complexity index is 53.5. The summed E-state index contributed by atoms with van der Waals surface area (Å²) in [6.45, 7) is 8.86. The van der Waals surface area contributed by atoms with Gasteiger partial charge in [-0.1, -0.05) is 0 Å². The van der Waals surface area contributed by atoms with Gasteiger partial charge < -0.3 is 0 Å². The Morgan fingerprint density at radius 3 is 1.25 bits per heavy atom. The van der Waals surface area contributed by atoms with Gasteiger partial charge in [-0.2, -0.15) is 0 Å². The van der Waals surface area contributed by atoms with Crippen LogP contribution in [0.25, 0.3) is 0 Å². The summed E-state index contributed by atoms with van der Waals surface area (Å²) in [7, 11) is 6.10. The molecule has 0 heterocycles. The maximum atomic E-state index is 6.10. The van der Waals surface area contributed by atoms with Crippen LogP contribution in [0.15, 0.2) is 0 Å². The molecule has 8 heavy (non-hydrogen) atoms. The van der Waals surface area contributed by atoms with E-state index in [1.165, 1.54) is 0 Å². The third-order valence-corrected chi connectivity index (χ3v) is 9.18. The molecule has 0 bridgehead atoms. The van der Waals surface area contributed by atoms with Crippen molar-refractivity contribution >= 4 is 23.7 Å². The Balaban J connectivity index is 3.46. The summed E-state index contributed by atoms with van der Waals surface area (Å²) in [6, 6.07) is 0. The van der Waals surface area contributed by atoms with Crippen LogP contribution in [0.3, 0.4) is 0 Å². The van der Waals surface area contributed by atoms with Gasteiger partial charge >= 0.3 is 60.8 Å². The van der Waals surface area contributed by atoms with Crippen molar-refractivity contribution in [3.63, 3.8) is 0 Å². The van der Waals surface area contributed by atoms with Gasteiger partial charge in [0.25, 0.3) is 0 Å². The quantitative estimate of drug-likeness (QED) is 0.596. The molecule has 0 aromatic carbocycles. The van der Waals surface area contributed by atoms with Crippen molar-refractivity contribution < 1.29 is 0 Å². The Labute approximate surface area is 61.0 Å². The van der Waals surface area contributed by atoms with E-state index >= 15 is 0 Å². The van der Waals surface area contributed by atoms with E-state index in [9.17, 15) is 0 Å². The van der Waals surface area contributed by atoms with Crippen LogP contribution in [0.4, 0.5) is 0 Å². The predicted molar refractivity (Wildman–Crippen MR) is 41.8 cm³/mol.